The molecule has 0 saturated heterocycles. The lowest BCUT2D eigenvalue weighted by Gasteiger charge is -2.17. The maximum absolute atomic E-state index is 12.5. The van der Waals surface area contributed by atoms with E-state index in [1.54, 1.807) is 52.0 Å². The summed E-state index contributed by atoms with van der Waals surface area (Å²) < 4.78 is 5.82. The fourth-order valence-corrected chi connectivity index (χ4v) is 3.68. The zero-order valence-corrected chi connectivity index (χ0v) is 16.6. The number of carbonyl (C=O) groups is 4. The van der Waals surface area contributed by atoms with Crippen LogP contribution in [0.2, 0.25) is 0 Å². The minimum absolute atomic E-state index is 0.240. The molecule has 0 aromatic heterocycles. The van der Waals surface area contributed by atoms with Crippen LogP contribution in [0.25, 0.3) is 0 Å². The zero-order valence-electron chi connectivity index (χ0n) is 16.6. The first-order valence-corrected chi connectivity index (χ1v) is 9.42. The Labute approximate surface area is 167 Å². The van der Waals surface area contributed by atoms with Gasteiger partial charge in [-0.15, -0.1) is 0 Å². The highest BCUT2D eigenvalue weighted by atomic mass is 16.5. The second kappa shape index (κ2) is 6.55. The lowest BCUT2D eigenvalue weighted by molar-refractivity contribution is 0.0592. The first-order valence-electron chi connectivity index (χ1n) is 9.42. The van der Waals surface area contributed by atoms with Crippen LogP contribution in [-0.4, -0.2) is 45.5 Å². The van der Waals surface area contributed by atoms with Gasteiger partial charge in [0.2, 0.25) is 0 Å². The Bertz CT molecular complexity index is 1000. The van der Waals surface area contributed by atoms with Gasteiger partial charge >= 0.3 is 0 Å². The minimum Gasteiger partial charge on any atom is -0.457 e. The Morgan fingerprint density at radius 1 is 0.586 bits per heavy atom. The van der Waals surface area contributed by atoms with Crippen LogP contribution < -0.4 is 4.74 Å². The maximum Gasteiger partial charge on any atom is 0.261 e. The molecule has 0 spiro atoms. The summed E-state index contributed by atoms with van der Waals surface area (Å²) in [6, 6.07) is 8.91. The van der Waals surface area contributed by atoms with Crippen molar-refractivity contribution >= 4 is 23.6 Å². The molecule has 0 unspecified atom stereocenters. The summed E-state index contributed by atoms with van der Waals surface area (Å²) in [5.74, 6) is -0.606. The fourth-order valence-electron chi connectivity index (χ4n) is 3.68. The van der Waals surface area contributed by atoms with E-state index < -0.39 is 0 Å². The normalized spacial score (nSPS) is 15.7. The summed E-state index contributed by atoms with van der Waals surface area (Å²) in [6.45, 7) is 7.12. The maximum atomic E-state index is 12.5. The average Bonchev–Trinajstić information content (AvgIpc) is 3.06. The van der Waals surface area contributed by atoms with Crippen LogP contribution in [0.3, 0.4) is 0 Å². The van der Waals surface area contributed by atoms with Crippen LogP contribution in [0.15, 0.2) is 36.4 Å². The second-order valence-corrected chi connectivity index (χ2v) is 7.66. The van der Waals surface area contributed by atoms with Gasteiger partial charge in [-0.1, -0.05) is 0 Å². The predicted molar refractivity (Wildman–Crippen MR) is 104 cm³/mol. The van der Waals surface area contributed by atoms with Gasteiger partial charge in [0, 0.05) is 12.1 Å². The average molecular weight is 392 g/mol. The number of hydrogen-bond donors (Lipinski definition) is 0. The molecule has 0 fully saturated rings. The molecular weight excluding hydrogens is 372 g/mol. The monoisotopic (exact) mass is 392 g/mol. The largest absolute Gasteiger partial charge is 0.457 e. The minimum atomic E-state index is -0.354. The zero-order chi connectivity index (χ0) is 21.0. The molecule has 29 heavy (non-hydrogen) atoms. The molecule has 7 nitrogen and oxygen atoms in total. The summed E-state index contributed by atoms with van der Waals surface area (Å²) in [6.07, 6.45) is 0. The van der Waals surface area contributed by atoms with Gasteiger partial charge in [0.1, 0.15) is 11.5 Å². The van der Waals surface area contributed by atoms with Crippen LogP contribution in [0.4, 0.5) is 0 Å². The standard InChI is InChI=1S/C22H20N2O5/c1-11(2)23-19(25)15-7-5-13(9-17(15)21(23)27)29-14-6-8-16-18(10-14)22(28)24(12(3)4)20(16)26/h5-12H,1-4H3. The number of amides is 4. The molecule has 2 aliphatic heterocycles. The number of fused-ring (bicyclic) bond motifs is 2. The predicted octanol–water partition coefficient (Wildman–Crippen LogP) is 3.49. The molecule has 2 aromatic carbocycles. The van der Waals surface area contributed by atoms with Crippen molar-refractivity contribution in [3.63, 3.8) is 0 Å². The molecule has 148 valence electrons. The highest BCUT2D eigenvalue weighted by molar-refractivity contribution is 6.22. The molecule has 0 saturated carbocycles. The first-order chi connectivity index (χ1) is 13.7. The van der Waals surface area contributed by atoms with Crippen molar-refractivity contribution in [2.45, 2.75) is 39.8 Å². The number of carbonyl (C=O) groups excluding carboxylic acids is 4. The van der Waals surface area contributed by atoms with Gasteiger partial charge in [-0.25, -0.2) is 0 Å². The van der Waals surface area contributed by atoms with E-state index in [1.165, 1.54) is 21.9 Å². The van der Waals surface area contributed by atoms with Crippen LogP contribution in [-0.2, 0) is 0 Å². The topological polar surface area (TPSA) is 84.0 Å². The SMILES string of the molecule is CC(C)N1C(=O)c2ccc(Oc3ccc4c(c3)C(=O)N(C(C)C)C4=O)cc2C1=O. The van der Waals surface area contributed by atoms with Crippen LogP contribution in [0.5, 0.6) is 11.5 Å². The molecule has 2 aromatic rings. The Hall–Kier alpha value is -3.48. The molecule has 0 N–H and O–H groups in total. The third-order valence-electron chi connectivity index (χ3n) is 5.05. The van der Waals surface area contributed by atoms with E-state index in [0.29, 0.717) is 33.8 Å². The molecular formula is C22H20N2O5. The summed E-state index contributed by atoms with van der Waals surface area (Å²) in [7, 11) is 0. The summed E-state index contributed by atoms with van der Waals surface area (Å²) in [5, 5.41) is 0. The summed E-state index contributed by atoms with van der Waals surface area (Å²) in [5.41, 5.74) is 1.27. The first kappa shape index (κ1) is 18.9. The molecule has 0 bridgehead atoms. The molecule has 2 heterocycles. The fraction of sp³-hybridized carbons (Fsp3) is 0.273. The second-order valence-electron chi connectivity index (χ2n) is 7.66. The molecule has 0 aliphatic carbocycles. The Kier molecular flexibility index (Phi) is 4.26. The highest BCUT2D eigenvalue weighted by Crippen LogP contribution is 2.33. The van der Waals surface area contributed by atoms with Gasteiger partial charge in [-0.2, -0.15) is 0 Å². The number of hydrogen-bond acceptors (Lipinski definition) is 5. The van der Waals surface area contributed by atoms with Crippen molar-refractivity contribution in [1.29, 1.82) is 0 Å². The van der Waals surface area contributed by atoms with Crippen molar-refractivity contribution in [2.24, 2.45) is 0 Å². The Morgan fingerprint density at radius 3 is 1.28 bits per heavy atom. The summed E-state index contributed by atoms with van der Waals surface area (Å²) >= 11 is 0. The lowest BCUT2D eigenvalue weighted by atomic mass is 10.1. The Balaban J connectivity index is 1.64. The van der Waals surface area contributed by atoms with Crippen molar-refractivity contribution in [3.05, 3.63) is 58.7 Å². The Morgan fingerprint density at radius 2 is 0.931 bits per heavy atom. The van der Waals surface area contributed by atoms with Crippen molar-refractivity contribution in [3.8, 4) is 11.5 Å². The van der Waals surface area contributed by atoms with Gasteiger partial charge in [0.25, 0.3) is 23.6 Å². The quantitative estimate of drug-likeness (QED) is 0.744. The molecule has 2 aliphatic rings. The van der Waals surface area contributed by atoms with Crippen molar-refractivity contribution in [1.82, 2.24) is 9.80 Å². The third-order valence-corrected chi connectivity index (χ3v) is 5.05. The highest BCUT2D eigenvalue weighted by Gasteiger charge is 2.38. The van der Waals surface area contributed by atoms with Gasteiger partial charge in [0.05, 0.1) is 22.3 Å². The van der Waals surface area contributed by atoms with Gasteiger partial charge in [0.15, 0.2) is 0 Å². The summed E-state index contributed by atoms with van der Waals surface area (Å²) in [4.78, 5) is 52.3. The number of ether oxygens (including phenoxy) is 1. The van der Waals surface area contributed by atoms with Crippen LogP contribution in [0, 0.1) is 0 Å². The molecule has 0 radical (unpaired) electrons. The third kappa shape index (κ3) is 2.81. The smallest absolute Gasteiger partial charge is 0.261 e. The number of nitrogens with zero attached hydrogens (tertiary/aromatic N) is 2. The molecule has 4 rings (SSSR count). The van der Waals surface area contributed by atoms with Gasteiger partial charge in [-0.3, -0.25) is 29.0 Å². The van der Waals surface area contributed by atoms with E-state index in [2.05, 4.69) is 0 Å². The number of imide groups is 2. The van der Waals surface area contributed by atoms with Crippen molar-refractivity contribution in [2.75, 3.05) is 0 Å². The van der Waals surface area contributed by atoms with E-state index in [-0.39, 0.29) is 35.7 Å². The van der Waals surface area contributed by atoms with Crippen LogP contribution >= 0.6 is 0 Å². The molecule has 0 atom stereocenters. The van der Waals surface area contributed by atoms with E-state index in [4.69, 9.17) is 4.74 Å². The lowest BCUT2D eigenvalue weighted by Crippen LogP contribution is -2.35. The van der Waals surface area contributed by atoms with E-state index in [0.717, 1.165) is 0 Å². The number of benzene rings is 2. The molecule has 7 heteroatoms. The van der Waals surface area contributed by atoms with E-state index >= 15 is 0 Å². The van der Waals surface area contributed by atoms with E-state index in [9.17, 15) is 19.2 Å². The number of rotatable bonds is 4. The molecule has 4 amide bonds. The van der Waals surface area contributed by atoms with Crippen molar-refractivity contribution < 1.29 is 23.9 Å². The van der Waals surface area contributed by atoms with Gasteiger partial charge in [-0.05, 0) is 64.1 Å². The van der Waals surface area contributed by atoms with E-state index in [1.807, 2.05) is 0 Å². The van der Waals surface area contributed by atoms with Crippen LogP contribution in [0.1, 0.15) is 69.1 Å². The van der Waals surface area contributed by atoms with Gasteiger partial charge < -0.3 is 4.74 Å².